The lowest BCUT2D eigenvalue weighted by Gasteiger charge is -2.27. The topological polar surface area (TPSA) is 28.2 Å². The van der Waals surface area contributed by atoms with Crippen molar-refractivity contribution >= 4 is 5.82 Å². The Morgan fingerprint density at radius 3 is 2.70 bits per heavy atom. The van der Waals surface area contributed by atoms with Crippen LogP contribution in [0.5, 0.6) is 0 Å². The average Bonchev–Trinajstić information content (AvgIpc) is 2.53. The molecule has 1 fully saturated rings. The smallest absolute Gasteiger partial charge is 0.133 e. The lowest BCUT2D eigenvalue weighted by atomic mass is 9.85. The van der Waals surface area contributed by atoms with Crippen LogP contribution in [0.1, 0.15) is 49.9 Å². The molecule has 0 radical (unpaired) electrons. The van der Waals surface area contributed by atoms with Crippen LogP contribution >= 0.6 is 0 Å². The molecular formula is C17H29N3. The van der Waals surface area contributed by atoms with E-state index in [1.807, 2.05) is 7.05 Å². The van der Waals surface area contributed by atoms with Crippen molar-refractivity contribution in [1.82, 2.24) is 10.3 Å². The fourth-order valence-corrected chi connectivity index (χ4v) is 3.14. The number of nitrogens with one attached hydrogen (secondary N) is 1. The number of anilines is 1. The van der Waals surface area contributed by atoms with Crippen LogP contribution in [0.15, 0.2) is 6.07 Å². The minimum absolute atomic E-state index is 0.469. The first kappa shape index (κ1) is 15.3. The van der Waals surface area contributed by atoms with E-state index < -0.39 is 0 Å². The van der Waals surface area contributed by atoms with E-state index in [9.17, 15) is 0 Å². The molecule has 0 bridgehead atoms. The fourth-order valence-electron chi connectivity index (χ4n) is 3.14. The summed E-state index contributed by atoms with van der Waals surface area (Å²) in [5.41, 5.74) is 4.31. The Bertz CT molecular complexity index is 466. The Balaban J connectivity index is 2.31. The molecule has 0 aromatic carbocycles. The van der Waals surface area contributed by atoms with Crippen molar-refractivity contribution < 1.29 is 0 Å². The number of rotatable bonds is 3. The van der Waals surface area contributed by atoms with Gasteiger partial charge in [0.05, 0.1) is 0 Å². The van der Waals surface area contributed by atoms with Gasteiger partial charge in [-0.1, -0.05) is 13.8 Å². The van der Waals surface area contributed by atoms with Crippen LogP contribution in [0, 0.1) is 19.3 Å². The SMILES string of the molecule is CNCc1c(C)cc(C)nc1N1CCCC(C)(C)CC1. The first-order valence-electron chi connectivity index (χ1n) is 7.79. The van der Waals surface area contributed by atoms with E-state index in [1.165, 1.54) is 36.2 Å². The molecule has 3 heteroatoms. The van der Waals surface area contributed by atoms with Gasteiger partial charge in [-0.2, -0.15) is 0 Å². The maximum Gasteiger partial charge on any atom is 0.133 e. The highest BCUT2D eigenvalue weighted by molar-refractivity contribution is 5.51. The van der Waals surface area contributed by atoms with E-state index in [-0.39, 0.29) is 0 Å². The molecule has 0 unspecified atom stereocenters. The standard InChI is InChI=1S/C17H29N3/c1-13-11-14(2)19-16(15(13)12-18-5)20-9-6-7-17(3,4)8-10-20/h11,18H,6-10,12H2,1-5H3. The molecule has 1 aliphatic heterocycles. The van der Waals surface area contributed by atoms with Gasteiger partial charge in [-0.25, -0.2) is 4.98 Å². The van der Waals surface area contributed by atoms with Crippen LogP contribution in [0.25, 0.3) is 0 Å². The predicted octanol–water partition coefficient (Wildman–Crippen LogP) is 3.43. The van der Waals surface area contributed by atoms with E-state index in [0.717, 1.165) is 25.3 Å². The molecule has 1 aromatic rings. The molecule has 0 atom stereocenters. The van der Waals surface area contributed by atoms with E-state index in [2.05, 4.69) is 44.0 Å². The third-order valence-corrected chi connectivity index (χ3v) is 4.45. The monoisotopic (exact) mass is 275 g/mol. The van der Waals surface area contributed by atoms with Gasteiger partial charge in [0.2, 0.25) is 0 Å². The van der Waals surface area contributed by atoms with E-state index in [4.69, 9.17) is 4.98 Å². The normalized spacial score (nSPS) is 18.9. The second kappa shape index (κ2) is 6.13. The zero-order chi connectivity index (χ0) is 14.8. The zero-order valence-electron chi connectivity index (χ0n) is 13.7. The van der Waals surface area contributed by atoms with Crippen molar-refractivity contribution in [3.8, 4) is 0 Å². The van der Waals surface area contributed by atoms with Crippen molar-refractivity contribution in [1.29, 1.82) is 0 Å². The summed E-state index contributed by atoms with van der Waals surface area (Å²) in [5.74, 6) is 1.20. The van der Waals surface area contributed by atoms with Crippen molar-refractivity contribution in [2.24, 2.45) is 5.41 Å². The number of hydrogen-bond acceptors (Lipinski definition) is 3. The average molecular weight is 275 g/mol. The molecule has 0 aliphatic carbocycles. The molecule has 1 aliphatic rings. The molecule has 1 aromatic heterocycles. The van der Waals surface area contributed by atoms with Gasteiger partial charge in [-0.15, -0.1) is 0 Å². The van der Waals surface area contributed by atoms with Crippen molar-refractivity contribution in [2.45, 2.75) is 53.5 Å². The van der Waals surface area contributed by atoms with Gasteiger partial charge in [-0.05, 0) is 57.2 Å². The van der Waals surface area contributed by atoms with Gasteiger partial charge in [0.15, 0.2) is 0 Å². The molecule has 1 saturated heterocycles. The van der Waals surface area contributed by atoms with Crippen LogP contribution in [0.2, 0.25) is 0 Å². The number of aromatic nitrogens is 1. The summed E-state index contributed by atoms with van der Waals surface area (Å²) < 4.78 is 0. The largest absolute Gasteiger partial charge is 0.356 e. The van der Waals surface area contributed by atoms with Crippen molar-refractivity contribution in [2.75, 3.05) is 25.0 Å². The summed E-state index contributed by atoms with van der Waals surface area (Å²) in [4.78, 5) is 7.35. The van der Waals surface area contributed by atoms with Crippen molar-refractivity contribution in [3.63, 3.8) is 0 Å². The highest BCUT2D eigenvalue weighted by Gasteiger charge is 2.25. The maximum atomic E-state index is 4.85. The number of pyridine rings is 1. The lowest BCUT2D eigenvalue weighted by molar-refractivity contribution is 0.325. The summed E-state index contributed by atoms with van der Waals surface area (Å²) in [6.07, 6.45) is 3.83. The van der Waals surface area contributed by atoms with E-state index in [1.54, 1.807) is 0 Å². The predicted molar refractivity (Wildman–Crippen MR) is 86.3 cm³/mol. The molecule has 1 N–H and O–H groups in total. The highest BCUT2D eigenvalue weighted by atomic mass is 15.2. The third-order valence-electron chi connectivity index (χ3n) is 4.45. The van der Waals surface area contributed by atoms with Gasteiger partial charge >= 0.3 is 0 Å². The minimum atomic E-state index is 0.469. The quantitative estimate of drug-likeness (QED) is 0.916. The Labute approximate surface area is 123 Å². The molecule has 0 amide bonds. The van der Waals surface area contributed by atoms with Gasteiger partial charge in [0, 0.05) is 30.9 Å². The number of aryl methyl sites for hydroxylation is 2. The second-order valence-corrected chi connectivity index (χ2v) is 6.92. The lowest BCUT2D eigenvalue weighted by Crippen LogP contribution is -2.28. The molecular weight excluding hydrogens is 246 g/mol. The first-order valence-corrected chi connectivity index (χ1v) is 7.79. The van der Waals surface area contributed by atoms with Crippen LogP contribution in [0.3, 0.4) is 0 Å². The molecule has 3 nitrogen and oxygen atoms in total. The first-order chi connectivity index (χ1) is 9.43. The molecule has 112 valence electrons. The van der Waals surface area contributed by atoms with E-state index in [0.29, 0.717) is 5.41 Å². The second-order valence-electron chi connectivity index (χ2n) is 6.92. The van der Waals surface area contributed by atoms with Gasteiger partial charge in [-0.3, -0.25) is 0 Å². The summed E-state index contributed by atoms with van der Waals surface area (Å²) in [6.45, 7) is 12.2. The summed E-state index contributed by atoms with van der Waals surface area (Å²) in [6, 6.07) is 2.19. The fraction of sp³-hybridized carbons (Fsp3) is 0.706. The summed E-state index contributed by atoms with van der Waals surface area (Å²) >= 11 is 0. The molecule has 20 heavy (non-hydrogen) atoms. The molecule has 2 heterocycles. The Kier molecular flexibility index (Phi) is 4.69. The van der Waals surface area contributed by atoms with Crippen molar-refractivity contribution in [3.05, 3.63) is 22.9 Å². The zero-order valence-corrected chi connectivity index (χ0v) is 13.7. The summed E-state index contributed by atoms with van der Waals surface area (Å²) in [7, 11) is 2.01. The summed E-state index contributed by atoms with van der Waals surface area (Å²) in [5, 5.41) is 3.29. The van der Waals surface area contributed by atoms with Gasteiger partial charge < -0.3 is 10.2 Å². The number of nitrogens with zero attached hydrogens (tertiary/aromatic N) is 2. The maximum absolute atomic E-state index is 4.85. The Hall–Kier alpha value is -1.09. The Morgan fingerprint density at radius 1 is 1.25 bits per heavy atom. The molecule has 0 spiro atoms. The van der Waals surface area contributed by atoms with Crippen LogP contribution in [-0.2, 0) is 6.54 Å². The van der Waals surface area contributed by atoms with Gasteiger partial charge in [0.25, 0.3) is 0 Å². The van der Waals surface area contributed by atoms with Crippen LogP contribution < -0.4 is 10.2 Å². The minimum Gasteiger partial charge on any atom is -0.356 e. The number of hydrogen-bond donors (Lipinski definition) is 1. The van der Waals surface area contributed by atoms with Crippen LogP contribution in [0.4, 0.5) is 5.82 Å². The highest BCUT2D eigenvalue weighted by Crippen LogP contribution is 2.32. The molecule has 2 rings (SSSR count). The van der Waals surface area contributed by atoms with Crippen LogP contribution in [-0.4, -0.2) is 25.1 Å². The Morgan fingerprint density at radius 2 is 2.00 bits per heavy atom. The molecule has 0 saturated carbocycles. The third kappa shape index (κ3) is 3.51. The van der Waals surface area contributed by atoms with Gasteiger partial charge in [0.1, 0.15) is 5.82 Å². The van der Waals surface area contributed by atoms with E-state index >= 15 is 0 Å².